The van der Waals surface area contributed by atoms with E-state index in [1.165, 1.54) is 11.0 Å². The van der Waals surface area contributed by atoms with Crippen LogP contribution in [0.1, 0.15) is 50.5 Å². The third-order valence-electron chi connectivity index (χ3n) is 6.36. The van der Waals surface area contributed by atoms with E-state index in [0.717, 1.165) is 37.7 Å². The molecule has 0 bridgehead atoms. The number of nitrogens with zero attached hydrogens (tertiary/aromatic N) is 1. The van der Waals surface area contributed by atoms with Crippen LogP contribution >= 0.6 is 0 Å². The molecule has 2 N–H and O–H groups in total. The van der Waals surface area contributed by atoms with Gasteiger partial charge in [-0.1, -0.05) is 6.08 Å². The lowest BCUT2D eigenvalue weighted by atomic mass is 9.86. The number of hydrogen-bond acceptors (Lipinski definition) is 3. The molecule has 1 aliphatic heterocycles. The number of hydrogen-bond donors (Lipinski definition) is 2. The van der Waals surface area contributed by atoms with Gasteiger partial charge in [0.2, 0.25) is 5.91 Å². The van der Waals surface area contributed by atoms with Gasteiger partial charge in [0.25, 0.3) is 0 Å². The van der Waals surface area contributed by atoms with Crippen LogP contribution in [-0.4, -0.2) is 47.7 Å². The first-order valence-electron chi connectivity index (χ1n) is 10.9. The van der Waals surface area contributed by atoms with E-state index in [1.807, 2.05) is 6.08 Å². The van der Waals surface area contributed by atoms with E-state index in [1.54, 1.807) is 12.1 Å². The highest BCUT2D eigenvalue weighted by atomic mass is 19.1. The Labute approximate surface area is 176 Å². The topological polar surface area (TPSA) is 78.9 Å². The molecular formula is C23H29FN2O4. The Morgan fingerprint density at radius 1 is 1.17 bits per heavy atom. The van der Waals surface area contributed by atoms with Crippen LogP contribution < -0.4 is 10.1 Å². The highest BCUT2D eigenvalue weighted by Crippen LogP contribution is 2.33. The van der Waals surface area contributed by atoms with E-state index >= 15 is 0 Å². The average molecular weight is 416 g/mol. The molecule has 0 aromatic heterocycles. The van der Waals surface area contributed by atoms with Gasteiger partial charge in [0, 0.05) is 36.7 Å². The van der Waals surface area contributed by atoms with Crippen LogP contribution in [0.4, 0.5) is 9.18 Å². The fourth-order valence-electron chi connectivity index (χ4n) is 4.21. The number of carboxylic acid groups (broad SMARTS) is 1. The van der Waals surface area contributed by atoms with Crippen LogP contribution in [0.3, 0.4) is 0 Å². The standard InChI is InChI=1S/C23H29FN2O4/c24-21-13-19(30-14-15-9-11-26(12-10-15)23(28)29)7-8-20(21)16-1-3-17(4-2-16)22(27)25-18-5-6-18/h1,7-8,13,15,17-18H,2-6,9-12,14H2,(H,25,27)(H,28,29). The summed E-state index contributed by atoms with van der Waals surface area (Å²) in [5.74, 6) is 0.595. The van der Waals surface area contributed by atoms with Crippen molar-refractivity contribution >= 4 is 17.6 Å². The third kappa shape index (κ3) is 5.12. The number of rotatable bonds is 6. The molecule has 1 aromatic carbocycles. The van der Waals surface area contributed by atoms with E-state index in [4.69, 9.17) is 9.84 Å². The minimum Gasteiger partial charge on any atom is -0.493 e. The van der Waals surface area contributed by atoms with Crippen LogP contribution in [0.5, 0.6) is 5.75 Å². The van der Waals surface area contributed by atoms with E-state index in [-0.39, 0.29) is 23.6 Å². The van der Waals surface area contributed by atoms with E-state index in [2.05, 4.69) is 5.32 Å². The van der Waals surface area contributed by atoms with Crippen molar-refractivity contribution in [2.24, 2.45) is 11.8 Å². The smallest absolute Gasteiger partial charge is 0.407 e. The lowest BCUT2D eigenvalue weighted by molar-refractivity contribution is -0.125. The number of allylic oxidation sites excluding steroid dienone is 2. The van der Waals surface area contributed by atoms with Gasteiger partial charge >= 0.3 is 6.09 Å². The van der Waals surface area contributed by atoms with Gasteiger partial charge in [-0.3, -0.25) is 4.79 Å². The van der Waals surface area contributed by atoms with Gasteiger partial charge in [-0.15, -0.1) is 0 Å². The molecule has 2 fully saturated rings. The maximum Gasteiger partial charge on any atom is 0.407 e. The molecule has 1 unspecified atom stereocenters. The number of ether oxygens (including phenoxy) is 1. The van der Waals surface area contributed by atoms with Crippen molar-refractivity contribution in [1.82, 2.24) is 10.2 Å². The van der Waals surface area contributed by atoms with Crippen LogP contribution in [0.25, 0.3) is 5.57 Å². The van der Waals surface area contributed by atoms with Crippen molar-refractivity contribution in [1.29, 1.82) is 0 Å². The summed E-state index contributed by atoms with van der Waals surface area (Å²) >= 11 is 0. The predicted octanol–water partition coefficient (Wildman–Crippen LogP) is 4.06. The molecule has 4 rings (SSSR count). The Balaban J connectivity index is 1.28. The van der Waals surface area contributed by atoms with Gasteiger partial charge in [0.1, 0.15) is 11.6 Å². The van der Waals surface area contributed by atoms with Gasteiger partial charge in [-0.25, -0.2) is 9.18 Å². The van der Waals surface area contributed by atoms with Crippen LogP contribution in [0.15, 0.2) is 24.3 Å². The lowest BCUT2D eigenvalue weighted by Gasteiger charge is -2.29. The number of carbonyl (C=O) groups is 2. The molecule has 7 heteroatoms. The Morgan fingerprint density at radius 3 is 2.53 bits per heavy atom. The minimum atomic E-state index is -0.876. The van der Waals surface area contributed by atoms with Crippen molar-refractivity contribution in [2.75, 3.05) is 19.7 Å². The molecule has 162 valence electrons. The Morgan fingerprint density at radius 2 is 1.93 bits per heavy atom. The fraction of sp³-hybridized carbons (Fsp3) is 0.565. The molecule has 2 amide bonds. The fourth-order valence-corrected chi connectivity index (χ4v) is 4.21. The van der Waals surface area contributed by atoms with Crippen LogP contribution in [0, 0.1) is 17.7 Å². The average Bonchev–Trinajstić information content (AvgIpc) is 3.57. The molecule has 1 atom stereocenters. The molecule has 6 nitrogen and oxygen atoms in total. The van der Waals surface area contributed by atoms with Crippen molar-refractivity contribution in [3.63, 3.8) is 0 Å². The maximum atomic E-state index is 14.7. The summed E-state index contributed by atoms with van der Waals surface area (Å²) in [6, 6.07) is 5.35. The maximum absolute atomic E-state index is 14.7. The molecule has 1 aromatic rings. The van der Waals surface area contributed by atoms with E-state index in [0.29, 0.717) is 49.9 Å². The second-order valence-corrected chi connectivity index (χ2v) is 8.65. The Hall–Kier alpha value is -2.57. The highest BCUT2D eigenvalue weighted by Gasteiger charge is 2.29. The molecule has 30 heavy (non-hydrogen) atoms. The zero-order valence-electron chi connectivity index (χ0n) is 17.1. The zero-order chi connectivity index (χ0) is 21.1. The summed E-state index contributed by atoms with van der Waals surface area (Å²) in [4.78, 5) is 24.6. The number of nitrogens with one attached hydrogen (secondary N) is 1. The first-order valence-corrected chi connectivity index (χ1v) is 10.9. The number of carbonyl (C=O) groups excluding carboxylic acids is 1. The van der Waals surface area contributed by atoms with Gasteiger partial charge in [0.05, 0.1) is 6.61 Å². The summed E-state index contributed by atoms with van der Waals surface area (Å²) in [7, 11) is 0. The Bertz CT molecular complexity index is 828. The van der Waals surface area contributed by atoms with Crippen molar-refractivity contribution in [3.05, 3.63) is 35.7 Å². The number of halogens is 1. The monoisotopic (exact) mass is 416 g/mol. The third-order valence-corrected chi connectivity index (χ3v) is 6.36. The van der Waals surface area contributed by atoms with Crippen LogP contribution in [-0.2, 0) is 4.79 Å². The molecule has 0 spiro atoms. The molecule has 1 heterocycles. The summed E-state index contributed by atoms with van der Waals surface area (Å²) < 4.78 is 20.5. The van der Waals surface area contributed by atoms with Gasteiger partial charge in [-0.05, 0) is 68.6 Å². The summed E-state index contributed by atoms with van der Waals surface area (Å²) in [6.07, 6.45) is 6.90. The molecule has 1 saturated carbocycles. The number of amides is 2. The summed E-state index contributed by atoms with van der Waals surface area (Å²) in [5.41, 5.74) is 1.54. The van der Waals surface area contributed by atoms with E-state index in [9.17, 15) is 14.0 Å². The second kappa shape index (κ2) is 9.06. The van der Waals surface area contributed by atoms with Crippen molar-refractivity contribution < 1.29 is 23.8 Å². The largest absolute Gasteiger partial charge is 0.493 e. The highest BCUT2D eigenvalue weighted by molar-refractivity contribution is 5.81. The molecule has 2 aliphatic carbocycles. The summed E-state index contributed by atoms with van der Waals surface area (Å²) in [5, 5.41) is 12.1. The first-order chi connectivity index (χ1) is 14.5. The molecule has 3 aliphatic rings. The molecular weight excluding hydrogens is 387 g/mol. The minimum absolute atomic E-state index is 0.00689. The van der Waals surface area contributed by atoms with Gasteiger partial charge < -0.3 is 20.1 Å². The summed E-state index contributed by atoms with van der Waals surface area (Å²) in [6.45, 7) is 1.50. The normalized spacial score (nSPS) is 22.4. The van der Waals surface area contributed by atoms with Crippen LogP contribution in [0.2, 0.25) is 0 Å². The predicted molar refractivity (Wildman–Crippen MR) is 111 cm³/mol. The number of likely N-dealkylation sites (tertiary alicyclic amines) is 1. The first kappa shape index (κ1) is 20.7. The van der Waals surface area contributed by atoms with Gasteiger partial charge in [0.15, 0.2) is 0 Å². The second-order valence-electron chi connectivity index (χ2n) is 8.65. The van der Waals surface area contributed by atoms with Crippen molar-refractivity contribution in [2.45, 2.75) is 51.0 Å². The van der Waals surface area contributed by atoms with E-state index < -0.39 is 6.09 Å². The Kier molecular flexibility index (Phi) is 6.25. The number of piperidine rings is 1. The SMILES string of the molecule is O=C(NC1CC1)C1CC=C(c2ccc(OCC3CCN(C(=O)O)CC3)cc2F)CC1. The molecule has 1 saturated heterocycles. The van der Waals surface area contributed by atoms with Crippen molar-refractivity contribution in [3.8, 4) is 5.75 Å². The zero-order valence-corrected chi connectivity index (χ0v) is 17.1. The lowest BCUT2D eigenvalue weighted by Crippen LogP contribution is -2.38. The number of benzene rings is 1. The molecule has 0 radical (unpaired) electrons. The quantitative estimate of drug-likeness (QED) is 0.733. The van der Waals surface area contributed by atoms with Gasteiger partial charge in [-0.2, -0.15) is 0 Å².